The van der Waals surface area contributed by atoms with E-state index < -0.39 is 0 Å². The van der Waals surface area contributed by atoms with Gasteiger partial charge in [-0.1, -0.05) is 30.3 Å². The number of aryl methyl sites for hydroxylation is 1. The van der Waals surface area contributed by atoms with Crippen LogP contribution in [0.15, 0.2) is 54.6 Å². The van der Waals surface area contributed by atoms with Gasteiger partial charge in [-0.2, -0.15) is 0 Å². The van der Waals surface area contributed by atoms with Crippen molar-refractivity contribution < 1.29 is 0 Å². The Bertz CT molecular complexity index is 685. The van der Waals surface area contributed by atoms with Crippen LogP contribution >= 0.6 is 11.3 Å². The van der Waals surface area contributed by atoms with Crippen molar-refractivity contribution in [3.05, 3.63) is 59.5 Å². The first-order valence-corrected chi connectivity index (χ1v) is 6.94. The second-order valence-corrected chi connectivity index (χ2v) is 5.62. The molecule has 0 fully saturated rings. The largest absolute Gasteiger partial charge is 0.399 e. The number of rotatable bonds is 2. The minimum absolute atomic E-state index is 0.778. The van der Waals surface area contributed by atoms with Crippen molar-refractivity contribution in [1.82, 2.24) is 4.98 Å². The Morgan fingerprint density at radius 2 is 1.58 bits per heavy atom. The van der Waals surface area contributed by atoms with E-state index in [1.54, 1.807) is 11.3 Å². The van der Waals surface area contributed by atoms with E-state index in [2.05, 4.69) is 19.1 Å². The van der Waals surface area contributed by atoms with Crippen LogP contribution < -0.4 is 5.73 Å². The molecular weight excluding hydrogens is 252 g/mol. The highest BCUT2D eigenvalue weighted by molar-refractivity contribution is 7.15. The monoisotopic (exact) mass is 266 g/mol. The van der Waals surface area contributed by atoms with Crippen LogP contribution in [0.3, 0.4) is 0 Å². The molecule has 0 saturated carbocycles. The van der Waals surface area contributed by atoms with Crippen LogP contribution in [0.25, 0.3) is 21.8 Å². The Labute approximate surface area is 116 Å². The van der Waals surface area contributed by atoms with E-state index in [0.717, 1.165) is 27.5 Å². The number of thiazole rings is 1. The zero-order valence-electron chi connectivity index (χ0n) is 10.6. The molecule has 2 aromatic carbocycles. The predicted molar refractivity (Wildman–Crippen MR) is 82.1 cm³/mol. The van der Waals surface area contributed by atoms with Gasteiger partial charge in [0.15, 0.2) is 0 Å². The molecule has 3 aromatic rings. The van der Waals surface area contributed by atoms with Crippen molar-refractivity contribution in [2.45, 2.75) is 6.92 Å². The molecule has 0 bridgehead atoms. The second kappa shape index (κ2) is 4.86. The molecule has 0 unspecified atom stereocenters. The average molecular weight is 266 g/mol. The van der Waals surface area contributed by atoms with E-state index in [1.807, 2.05) is 42.5 Å². The molecule has 1 heterocycles. The van der Waals surface area contributed by atoms with Gasteiger partial charge in [0.2, 0.25) is 0 Å². The van der Waals surface area contributed by atoms with Crippen LogP contribution in [-0.2, 0) is 0 Å². The third-order valence-electron chi connectivity index (χ3n) is 3.00. The van der Waals surface area contributed by atoms with Crippen molar-refractivity contribution in [3.8, 4) is 21.8 Å². The number of nitrogens with two attached hydrogens (primary N) is 1. The van der Waals surface area contributed by atoms with Crippen molar-refractivity contribution in [3.63, 3.8) is 0 Å². The van der Waals surface area contributed by atoms with Gasteiger partial charge in [-0.15, -0.1) is 11.3 Å². The highest BCUT2D eigenvalue weighted by Crippen LogP contribution is 2.33. The summed E-state index contributed by atoms with van der Waals surface area (Å²) < 4.78 is 0. The maximum Gasteiger partial charge on any atom is 0.124 e. The molecule has 94 valence electrons. The number of aromatic nitrogens is 1. The van der Waals surface area contributed by atoms with Gasteiger partial charge in [0, 0.05) is 21.7 Å². The summed E-state index contributed by atoms with van der Waals surface area (Å²) in [6.07, 6.45) is 0. The summed E-state index contributed by atoms with van der Waals surface area (Å²) in [4.78, 5) is 5.99. The van der Waals surface area contributed by atoms with Crippen molar-refractivity contribution >= 4 is 17.0 Å². The van der Waals surface area contributed by atoms with E-state index in [9.17, 15) is 0 Å². The van der Waals surface area contributed by atoms with Crippen LogP contribution in [0.4, 0.5) is 5.69 Å². The SMILES string of the molecule is Cc1sc(-c2ccc(N)cc2)nc1-c1ccccc1. The van der Waals surface area contributed by atoms with Gasteiger partial charge in [0.05, 0.1) is 5.69 Å². The molecule has 0 radical (unpaired) electrons. The Morgan fingerprint density at radius 1 is 0.895 bits per heavy atom. The van der Waals surface area contributed by atoms with Gasteiger partial charge < -0.3 is 5.73 Å². The highest BCUT2D eigenvalue weighted by atomic mass is 32.1. The Hall–Kier alpha value is -2.13. The molecule has 0 amide bonds. The van der Waals surface area contributed by atoms with Crippen LogP contribution in [0, 0.1) is 6.92 Å². The minimum atomic E-state index is 0.778. The zero-order valence-corrected chi connectivity index (χ0v) is 11.4. The van der Waals surface area contributed by atoms with Gasteiger partial charge in [-0.3, -0.25) is 0 Å². The van der Waals surface area contributed by atoms with Gasteiger partial charge in [0.1, 0.15) is 5.01 Å². The number of hydrogen-bond donors (Lipinski definition) is 1. The fourth-order valence-electron chi connectivity index (χ4n) is 2.01. The van der Waals surface area contributed by atoms with Gasteiger partial charge >= 0.3 is 0 Å². The molecule has 3 rings (SSSR count). The first kappa shape index (κ1) is 11.9. The Kier molecular flexibility index (Phi) is 3.05. The molecule has 0 atom stereocenters. The summed E-state index contributed by atoms with van der Waals surface area (Å²) in [5.74, 6) is 0. The Balaban J connectivity index is 2.04. The van der Waals surface area contributed by atoms with E-state index >= 15 is 0 Å². The lowest BCUT2D eigenvalue weighted by atomic mass is 10.1. The fraction of sp³-hybridized carbons (Fsp3) is 0.0625. The predicted octanol–water partition coefficient (Wildman–Crippen LogP) is 4.37. The summed E-state index contributed by atoms with van der Waals surface area (Å²) in [6, 6.07) is 18.1. The summed E-state index contributed by atoms with van der Waals surface area (Å²) in [7, 11) is 0. The van der Waals surface area contributed by atoms with E-state index in [0.29, 0.717) is 0 Å². The molecule has 0 aliphatic rings. The lowest BCUT2D eigenvalue weighted by Gasteiger charge is -1.98. The lowest BCUT2D eigenvalue weighted by molar-refractivity contribution is 1.37. The highest BCUT2D eigenvalue weighted by Gasteiger charge is 2.10. The van der Waals surface area contributed by atoms with Crippen LogP contribution in [0.5, 0.6) is 0 Å². The quantitative estimate of drug-likeness (QED) is 0.700. The molecular formula is C16H14N2S. The standard InChI is InChI=1S/C16H14N2S/c1-11-15(12-5-3-2-4-6-12)18-16(19-11)13-7-9-14(17)10-8-13/h2-10H,17H2,1H3. The minimum Gasteiger partial charge on any atom is -0.399 e. The fourth-order valence-corrected chi connectivity index (χ4v) is 2.95. The molecule has 2 N–H and O–H groups in total. The van der Waals surface area contributed by atoms with Crippen LogP contribution in [0.1, 0.15) is 4.88 Å². The number of nitrogens with zero attached hydrogens (tertiary/aromatic N) is 1. The molecule has 2 nitrogen and oxygen atoms in total. The van der Waals surface area contributed by atoms with E-state index in [4.69, 9.17) is 10.7 Å². The first-order chi connectivity index (χ1) is 9.24. The lowest BCUT2D eigenvalue weighted by Crippen LogP contribution is -1.84. The number of benzene rings is 2. The summed E-state index contributed by atoms with van der Waals surface area (Å²) >= 11 is 1.72. The van der Waals surface area contributed by atoms with E-state index in [1.165, 1.54) is 4.88 Å². The third-order valence-corrected chi connectivity index (χ3v) is 4.02. The zero-order chi connectivity index (χ0) is 13.2. The molecule has 0 spiro atoms. The Morgan fingerprint density at radius 3 is 2.26 bits per heavy atom. The number of hydrogen-bond acceptors (Lipinski definition) is 3. The van der Waals surface area contributed by atoms with Crippen molar-refractivity contribution in [2.24, 2.45) is 0 Å². The third kappa shape index (κ3) is 2.37. The smallest absolute Gasteiger partial charge is 0.124 e. The molecule has 0 aliphatic heterocycles. The summed E-state index contributed by atoms with van der Waals surface area (Å²) in [6.45, 7) is 2.11. The maximum absolute atomic E-state index is 5.71. The normalized spacial score (nSPS) is 10.6. The molecule has 0 saturated heterocycles. The molecule has 1 aromatic heterocycles. The summed E-state index contributed by atoms with van der Waals surface area (Å²) in [5.41, 5.74) is 9.84. The topological polar surface area (TPSA) is 38.9 Å². The second-order valence-electron chi connectivity index (χ2n) is 4.41. The van der Waals surface area contributed by atoms with Crippen molar-refractivity contribution in [2.75, 3.05) is 5.73 Å². The average Bonchev–Trinajstić information content (AvgIpc) is 2.83. The van der Waals surface area contributed by atoms with Crippen molar-refractivity contribution in [1.29, 1.82) is 0 Å². The number of anilines is 1. The molecule has 19 heavy (non-hydrogen) atoms. The van der Waals surface area contributed by atoms with Crippen LogP contribution in [0.2, 0.25) is 0 Å². The van der Waals surface area contributed by atoms with E-state index in [-0.39, 0.29) is 0 Å². The number of nitrogen functional groups attached to an aromatic ring is 1. The summed E-state index contributed by atoms with van der Waals surface area (Å²) in [5, 5.41) is 1.04. The van der Waals surface area contributed by atoms with Gasteiger partial charge in [-0.05, 0) is 31.2 Å². The molecule has 0 aliphatic carbocycles. The first-order valence-electron chi connectivity index (χ1n) is 6.13. The van der Waals surface area contributed by atoms with Gasteiger partial charge in [-0.25, -0.2) is 4.98 Å². The van der Waals surface area contributed by atoms with Gasteiger partial charge in [0.25, 0.3) is 0 Å². The molecule has 3 heteroatoms. The van der Waals surface area contributed by atoms with Crippen LogP contribution in [-0.4, -0.2) is 4.98 Å². The maximum atomic E-state index is 5.71.